The summed E-state index contributed by atoms with van der Waals surface area (Å²) in [4.78, 5) is 26.5. The van der Waals surface area contributed by atoms with Crippen LogP contribution < -0.4 is 10.1 Å². The van der Waals surface area contributed by atoms with Gasteiger partial charge in [-0.3, -0.25) is 9.59 Å². The molecule has 0 unspecified atom stereocenters. The largest absolute Gasteiger partial charge is 0.489 e. The maximum absolute atomic E-state index is 12.5. The zero-order chi connectivity index (χ0) is 20.1. The fraction of sp³-hybridized carbons (Fsp3) is 0.417. The van der Waals surface area contributed by atoms with Crippen molar-refractivity contribution in [1.29, 1.82) is 0 Å². The van der Waals surface area contributed by atoms with Crippen LogP contribution in [-0.2, 0) is 22.7 Å². The van der Waals surface area contributed by atoms with Crippen molar-refractivity contribution in [1.82, 2.24) is 10.2 Å². The van der Waals surface area contributed by atoms with Crippen LogP contribution in [0.25, 0.3) is 0 Å². The van der Waals surface area contributed by atoms with E-state index in [1.54, 1.807) is 0 Å². The summed E-state index contributed by atoms with van der Waals surface area (Å²) in [6.45, 7) is 2.47. The number of carbonyl (C=O) groups is 2. The molecular formula is C24H28N2O3. The van der Waals surface area contributed by atoms with E-state index >= 15 is 0 Å². The molecule has 1 heterocycles. The van der Waals surface area contributed by atoms with Crippen LogP contribution in [-0.4, -0.2) is 29.8 Å². The van der Waals surface area contributed by atoms with Gasteiger partial charge < -0.3 is 15.0 Å². The van der Waals surface area contributed by atoms with Crippen molar-refractivity contribution in [3.05, 3.63) is 65.7 Å². The summed E-state index contributed by atoms with van der Waals surface area (Å²) in [6.07, 6.45) is 3.60. The van der Waals surface area contributed by atoms with Crippen molar-refractivity contribution in [2.45, 2.75) is 38.8 Å². The van der Waals surface area contributed by atoms with Gasteiger partial charge in [-0.1, -0.05) is 42.5 Å². The number of amides is 2. The van der Waals surface area contributed by atoms with Crippen LogP contribution in [0.1, 0.15) is 36.8 Å². The number of rotatable bonds is 7. The number of hydrogen-bond donors (Lipinski definition) is 1. The van der Waals surface area contributed by atoms with Crippen molar-refractivity contribution in [3.8, 4) is 5.75 Å². The minimum Gasteiger partial charge on any atom is -0.489 e. The summed E-state index contributed by atoms with van der Waals surface area (Å²) in [7, 11) is 0. The summed E-state index contributed by atoms with van der Waals surface area (Å²) in [5.41, 5.74) is 2.17. The second kappa shape index (κ2) is 9.12. The Bertz CT molecular complexity index is 823. The van der Waals surface area contributed by atoms with Gasteiger partial charge in [-0.25, -0.2) is 0 Å². The SMILES string of the molecule is O=C(NCc1ccc(COc2ccccc2)cc1)C1CCN(C(=O)C2CC2)CC1. The lowest BCUT2D eigenvalue weighted by Gasteiger charge is -2.31. The summed E-state index contributed by atoms with van der Waals surface area (Å²) >= 11 is 0. The first-order valence-electron chi connectivity index (χ1n) is 10.5. The summed E-state index contributed by atoms with van der Waals surface area (Å²) in [5, 5.41) is 3.05. The zero-order valence-corrected chi connectivity index (χ0v) is 16.7. The Kier molecular flexibility index (Phi) is 6.13. The quantitative estimate of drug-likeness (QED) is 0.784. The van der Waals surface area contributed by atoms with E-state index in [1.807, 2.05) is 59.5 Å². The van der Waals surface area contributed by atoms with Crippen LogP contribution in [0.5, 0.6) is 5.75 Å². The Labute approximate surface area is 172 Å². The molecule has 0 spiro atoms. The second-order valence-electron chi connectivity index (χ2n) is 8.01. The molecule has 4 rings (SSSR count). The second-order valence-corrected chi connectivity index (χ2v) is 8.01. The molecular weight excluding hydrogens is 364 g/mol. The monoisotopic (exact) mass is 392 g/mol. The van der Waals surface area contributed by atoms with Crippen LogP contribution in [0.2, 0.25) is 0 Å². The van der Waals surface area contributed by atoms with Crippen molar-refractivity contribution in [2.75, 3.05) is 13.1 Å². The van der Waals surface area contributed by atoms with Crippen LogP contribution in [0.3, 0.4) is 0 Å². The number of likely N-dealkylation sites (tertiary alicyclic amines) is 1. The van der Waals surface area contributed by atoms with Crippen LogP contribution in [0.4, 0.5) is 0 Å². The van der Waals surface area contributed by atoms with E-state index < -0.39 is 0 Å². The van der Waals surface area contributed by atoms with E-state index in [2.05, 4.69) is 5.32 Å². The van der Waals surface area contributed by atoms with Crippen molar-refractivity contribution in [3.63, 3.8) is 0 Å². The zero-order valence-electron chi connectivity index (χ0n) is 16.7. The fourth-order valence-corrected chi connectivity index (χ4v) is 3.72. The molecule has 2 aliphatic rings. The van der Waals surface area contributed by atoms with Gasteiger partial charge in [0.1, 0.15) is 12.4 Å². The number of benzene rings is 2. The van der Waals surface area contributed by atoms with Gasteiger partial charge in [0.05, 0.1) is 0 Å². The molecule has 2 aromatic rings. The Morgan fingerprint density at radius 3 is 2.17 bits per heavy atom. The number of nitrogens with one attached hydrogen (secondary N) is 1. The first-order valence-corrected chi connectivity index (χ1v) is 10.5. The van der Waals surface area contributed by atoms with E-state index in [-0.39, 0.29) is 17.7 Å². The topological polar surface area (TPSA) is 58.6 Å². The lowest BCUT2D eigenvalue weighted by molar-refractivity contribution is -0.136. The highest BCUT2D eigenvalue weighted by molar-refractivity contribution is 5.82. The van der Waals surface area contributed by atoms with Crippen LogP contribution >= 0.6 is 0 Å². The number of para-hydroxylation sites is 1. The lowest BCUT2D eigenvalue weighted by Crippen LogP contribution is -2.43. The van der Waals surface area contributed by atoms with Crippen molar-refractivity contribution < 1.29 is 14.3 Å². The maximum Gasteiger partial charge on any atom is 0.225 e. The van der Waals surface area contributed by atoms with E-state index in [4.69, 9.17) is 4.74 Å². The van der Waals surface area contributed by atoms with E-state index in [1.165, 1.54) is 0 Å². The Hall–Kier alpha value is -2.82. The van der Waals surface area contributed by atoms with Crippen molar-refractivity contribution in [2.24, 2.45) is 11.8 Å². The maximum atomic E-state index is 12.5. The molecule has 0 radical (unpaired) electrons. The molecule has 1 N–H and O–H groups in total. The lowest BCUT2D eigenvalue weighted by atomic mass is 9.95. The van der Waals surface area contributed by atoms with E-state index in [0.717, 1.165) is 42.6 Å². The molecule has 2 fully saturated rings. The number of hydrogen-bond acceptors (Lipinski definition) is 3. The molecule has 0 atom stereocenters. The molecule has 1 aliphatic carbocycles. The third kappa shape index (κ3) is 5.37. The molecule has 5 nitrogen and oxygen atoms in total. The third-order valence-electron chi connectivity index (χ3n) is 5.74. The average molecular weight is 392 g/mol. The molecule has 1 aliphatic heterocycles. The van der Waals surface area contributed by atoms with Gasteiger partial charge in [0, 0.05) is 31.5 Å². The van der Waals surface area contributed by atoms with Gasteiger partial charge >= 0.3 is 0 Å². The Morgan fingerprint density at radius 1 is 0.862 bits per heavy atom. The van der Waals surface area contributed by atoms with Crippen LogP contribution in [0.15, 0.2) is 54.6 Å². The van der Waals surface area contributed by atoms with Gasteiger partial charge in [0.15, 0.2) is 0 Å². The molecule has 5 heteroatoms. The van der Waals surface area contributed by atoms with Gasteiger partial charge in [0.25, 0.3) is 0 Å². The smallest absolute Gasteiger partial charge is 0.225 e. The Balaban J connectivity index is 1.19. The standard InChI is InChI=1S/C24H28N2O3/c27-23(20-12-14-26(15-13-20)24(28)21-10-11-21)25-16-18-6-8-19(9-7-18)17-29-22-4-2-1-3-5-22/h1-9,20-21H,10-17H2,(H,25,27). The minimum absolute atomic E-state index is 0.0109. The van der Waals surface area contributed by atoms with Gasteiger partial charge in [-0.05, 0) is 48.9 Å². The number of carbonyl (C=O) groups excluding carboxylic acids is 2. The average Bonchev–Trinajstić information content (AvgIpc) is 3.62. The summed E-state index contributed by atoms with van der Waals surface area (Å²) < 4.78 is 5.76. The molecule has 1 saturated carbocycles. The summed E-state index contributed by atoms with van der Waals surface area (Å²) in [6, 6.07) is 17.9. The summed E-state index contributed by atoms with van der Waals surface area (Å²) in [5.74, 6) is 1.52. The molecule has 0 bridgehead atoms. The number of nitrogens with zero attached hydrogens (tertiary/aromatic N) is 1. The Morgan fingerprint density at radius 2 is 1.52 bits per heavy atom. The highest BCUT2D eigenvalue weighted by atomic mass is 16.5. The number of piperidine rings is 1. The molecule has 0 aromatic heterocycles. The third-order valence-corrected chi connectivity index (χ3v) is 5.74. The van der Waals surface area contributed by atoms with Crippen molar-refractivity contribution >= 4 is 11.8 Å². The van der Waals surface area contributed by atoms with E-state index in [0.29, 0.717) is 32.1 Å². The van der Waals surface area contributed by atoms with E-state index in [9.17, 15) is 9.59 Å². The minimum atomic E-state index is 0.0109. The van der Waals surface area contributed by atoms with Gasteiger partial charge in [-0.15, -0.1) is 0 Å². The van der Waals surface area contributed by atoms with Gasteiger partial charge in [-0.2, -0.15) is 0 Å². The molecule has 2 aromatic carbocycles. The molecule has 1 saturated heterocycles. The molecule has 29 heavy (non-hydrogen) atoms. The molecule has 2 amide bonds. The highest BCUT2D eigenvalue weighted by Gasteiger charge is 2.35. The normalized spacial score (nSPS) is 17.0. The number of ether oxygens (including phenoxy) is 1. The predicted octanol–water partition coefficient (Wildman–Crippen LogP) is 3.53. The first kappa shape index (κ1) is 19.5. The van der Waals surface area contributed by atoms with Crippen LogP contribution in [0, 0.1) is 11.8 Å². The van der Waals surface area contributed by atoms with Gasteiger partial charge in [0.2, 0.25) is 11.8 Å². The highest BCUT2D eigenvalue weighted by Crippen LogP contribution is 2.32. The first-order chi connectivity index (χ1) is 14.2. The predicted molar refractivity (Wildman–Crippen MR) is 111 cm³/mol. The fourth-order valence-electron chi connectivity index (χ4n) is 3.72. The molecule has 152 valence electrons.